The van der Waals surface area contributed by atoms with Crippen molar-refractivity contribution in [3.05, 3.63) is 29.8 Å². The van der Waals surface area contributed by atoms with Crippen molar-refractivity contribution < 1.29 is 9.90 Å². The van der Waals surface area contributed by atoms with E-state index in [0.29, 0.717) is 19.5 Å². The maximum Gasteiger partial charge on any atom is 0.324 e. The van der Waals surface area contributed by atoms with Crippen molar-refractivity contribution in [1.29, 1.82) is 0 Å². The van der Waals surface area contributed by atoms with Crippen LogP contribution >= 0.6 is 0 Å². The van der Waals surface area contributed by atoms with Crippen LogP contribution in [0, 0.1) is 0 Å². The van der Waals surface area contributed by atoms with Crippen molar-refractivity contribution in [3.8, 4) is 0 Å². The van der Waals surface area contributed by atoms with Gasteiger partial charge in [-0.25, -0.2) is 4.79 Å². The highest BCUT2D eigenvalue weighted by Gasteiger charge is 2.26. The largest absolute Gasteiger partial charge is 0.388 e. The summed E-state index contributed by atoms with van der Waals surface area (Å²) in [5.41, 5.74) is 1.70. The summed E-state index contributed by atoms with van der Waals surface area (Å²) < 4.78 is 0. The SMILES string of the molecule is CCN(C)C(=O)N1CCCC(O)c2ccccc21. The molecular formula is C14H20N2O2. The minimum Gasteiger partial charge on any atom is -0.388 e. The van der Waals surface area contributed by atoms with E-state index in [-0.39, 0.29) is 6.03 Å². The summed E-state index contributed by atoms with van der Waals surface area (Å²) in [4.78, 5) is 15.8. The van der Waals surface area contributed by atoms with Gasteiger partial charge in [-0.3, -0.25) is 4.90 Å². The van der Waals surface area contributed by atoms with Crippen LogP contribution in [0.5, 0.6) is 0 Å². The molecule has 0 fully saturated rings. The van der Waals surface area contributed by atoms with Gasteiger partial charge in [0.2, 0.25) is 0 Å². The molecule has 1 N–H and O–H groups in total. The number of benzene rings is 1. The van der Waals surface area contributed by atoms with Gasteiger partial charge in [0.25, 0.3) is 0 Å². The summed E-state index contributed by atoms with van der Waals surface area (Å²) in [7, 11) is 1.80. The van der Waals surface area contributed by atoms with Crippen LogP contribution in [0.15, 0.2) is 24.3 Å². The zero-order chi connectivity index (χ0) is 13.1. The number of hydrogen-bond acceptors (Lipinski definition) is 2. The summed E-state index contributed by atoms with van der Waals surface area (Å²) in [6.45, 7) is 3.30. The fraction of sp³-hybridized carbons (Fsp3) is 0.500. The number of carbonyl (C=O) groups excluding carboxylic acids is 1. The first-order valence-electron chi connectivity index (χ1n) is 6.44. The van der Waals surface area contributed by atoms with Crippen LogP contribution in [0.3, 0.4) is 0 Å². The fourth-order valence-electron chi connectivity index (χ4n) is 2.27. The average Bonchev–Trinajstić information content (AvgIpc) is 2.57. The molecule has 1 aliphatic heterocycles. The van der Waals surface area contributed by atoms with E-state index in [0.717, 1.165) is 17.7 Å². The van der Waals surface area contributed by atoms with Gasteiger partial charge in [0.1, 0.15) is 0 Å². The summed E-state index contributed by atoms with van der Waals surface area (Å²) >= 11 is 0. The molecule has 0 saturated carbocycles. The van der Waals surface area contributed by atoms with E-state index >= 15 is 0 Å². The number of aliphatic hydroxyl groups is 1. The van der Waals surface area contributed by atoms with Crippen LogP contribution in [-0.2, 0) is 0 Å². The lowest BCUT2D eigenvalue weighted by atomic mass is 10.0. The van der Waals surface area contributed by atoms with Gasteiger partial charge >= 0.3 is 6.03 Å². The molecule has 1 aromatic carbocycles. The molecule has 4 heteroatoms. The molecule has 0 spiro atoms. The molecule has 18 heavy (non-hydrogen) atoms. The van der Waals surface area contributed by atoms with Gasteiger partial charge in [-0.2, -0.15) is 0 Å². The predicted molar refractivity (Wildman–Crippen MR) is 71.7 cm³/mol. The summed E-state index contributed by atoms with van der Waals surface area (Å²) in [5.74, 6) is 0. The second kappa shape index (κ2) is 5.40. The third kappa shape index (κ3) is 2.34. The lowest BCUT2D eigenvalue weighted by molar-refractivity contribution is 0.168. The Bertz CT molecular complexity index is 434. The second-order valence-electron chi connectivity index (χ2n) is 4.67. The van der Waals surface area contributed by atoms with E-state index in [1.54, 1.807) is 16.8 Å². The number of urea groups is 1. The summed E-state index contributed by atoms with van der Waals surface area (Å²) in [5, 5.41) is 10.1. The Kier molecular flexibility index (Phi) is 3.87. The Balaban J connectivity index is 2.37. The molecule has 0 radical (unpaired) electrons. The molecule has 1 aliphatic rings. The number of fused-ring (bicyclic) bond motifs is 1. The Labute approximate surface area is 108 Å². The van der Waals surface area contributed by atoms with Gasteiger partial charge in [-0.05, 0) is 25.8 Å². The molecule has 0 aliphatic carbocycles. The third-order valence-electron chi connectivity index (χ3n) is 3.48. The molecule has 1 unspecified atom stereocenters. The standard InChI is InChI=1S/C14H20N2O2/c1-3-15(2)14(18)16-10-6-9-13(17)11-7-4-5-8-12(11)16/h4-5,7-8,13,17H,3,6,9-10H2,1-2H3. The number of hydrogen-bond donors (Lipinski definition) is 1. The predicted octanol–water partition coefficient (Wildman–Crippen LogP) is 2.39. The first-order chi connectivity index (χ1) is 8.65. The van der Waals surface area contributed by atoms with Crippen LogP contribution in [0.2, 0.25) is 0 Å². The number of nitrogens with zero attached hydrogens (tertiary/aromatic N) is 2. The minimum atomic E-state index is -0.467. The van der Waals surface area contributed by atoms with Crippen LogP contribution in [0.1, 0.15) is 31.4 Å². The fourth-order valence-corrected chi connectivity index (χ4v) is 2.27. The molecule has 98 valence electrons. The summed E-state index contributed by atoms with van der Waals surface area (Å²) in [6, 6.07) is 7.62. The van der Waals surface area contributed by atoms with Crippen LogP contribution in [0.4, 0.5) is 10.5 Å². The maximum atomic E-state index is 12.3. The second-order valence-corrected chi connectivity index (χ2v) is 4.67. The molecule has 4 nitrogen and oxygen atoms in total. The molecule has 0 aromatic heterocycles. The molecule has 0 saturated heterocycles. The van der Waals surface area contributed by atoms with Crippen molar-refractivity contribution in [1.82, 2.24) is 4.90 Å². The van der Waals surface area contributed by atoms with Crippen molar-refractivity contribution >= 4 is 11.7 Å². The highest BCUT2D eigenvalue weighted by atomic mass is 16.3. The quantitative estimate of drug-likeness (QED) is 0.829. The Morgan fingerprint density at radius 2 is 2.22 bits per heavy atom. The van der Waals surface area contributed by atoms with Crippen molar-refractivity contribution in [2.45, 2.75) is 25.9 Å². The Hall–Kier alpha value is -1.55. The van der Waals surface area contributed by atoms with E-state index in [1.807, 2.05) is 31.2 Å². The first-order valence-corrected chi connectivity index (χ1v) is 6.44. The summed E-state index contributed by atoms with van der Waals surface area (Å²) in [6.07, 6.45) is 1.06. The highest BCUT2D eigenvalue weighted by molar-refractivity contribution is 5.92. The first kappa shape index (κ1) is 12.9. The van der Waals surface area contributed by atoms with Crippen LogP contribution in [0.25, 0.3) is 0 Å². The number of aliphatic hydroxyl groups excluding tert-OH is 1. The average molecular weight is 248 g/mol. The van der Waals surface area contributed by atoms with E-state index in [4.69, 9.17) is 0 Å². The van der Waals surface area contributed by atoms with Gasteiger partial charge in [-0.1, -0.05) is 18.2 Å². The van der Waals surface area contributed by atoms with Gasteiger partial charge in [-0.15, -0.1) is 0 Å². The maximum absolute atomic E-state index is 12.3. The van der Waals surface area contributed by atoms with E-state index < -0.39 is 6.10 Å². The van der Waals surface area contributed by atoms with E-state index in [9.17, 15) is 9.90 Å². The number of carbonyl (C=O) groups is 1. The topological polar surface area (TPSA) is 43.8 Å². The van der Waals surface area contributed by atoms with Gasteiger partial charge in [0.15, 0.2) is 0 Å². The zero-order valence-corrected chi connectivity index (χ0v) is 11.0. The van der Waals surface area contributed by atoms with Gasteiger partial charge < -0.3 is 10.0 Å². The smallest absolute Gasteiger partial charge is 0.324 e. The molecule has 1 aromatic rings. The third-order valence-corrected chi connectivity index (χ3v) is 3.48. The molecule has 1 heterocycles. The minimum absolute atomic E-state index is 0.000880. The molecule has 2 rings (SSSR count). The lowest BCUT2D eigenvalue weighted by Crippen LogP contribution is -2.41. The van der Waals surface area contributed by atoms with Crippen molar-refractivity contribution in [2.24, 2.45) is 0 Å². The monoisotopic (exact) mass is 248 g/mol. The normalized spacial score (nSPS) is 19.1. The Morgan fingerprint density at radius 3 is 2.94 bits per heavy atom. The van der Waals surface area contributed by atoms with Crippen LogP contribution < -0.4 is 4.90 Å². The van der Waals surface area contributed by atoms with Crippen molar-refractivity contribution in [2.75, 3.05) is 25.0 Å². The van der Waals surface area contributed by atoms with Crippen LogP contribution in [-0.4, -0.2) is 36.2 Å². The zero-order valence-electron chi connectivity index (χ0n) is 11.0. The highest BCUT2D eigenvalue weighted by Crippen LogP contribution is 2.32. The lowest BCUT2D eigenvalue weighted by Gasteiger charge is -2.27. The molecular weight excluding hydrogens is 228 g/mol. The molecule has 2 amide bonds. The van der Waals surface area contributed by atoms with E-state index in [1.165, 1.54) is 0 Å². The number of para-hydroxylation sites is 1. The molecule has 0 bridgehead atoms. The van der Waals surface area contributed by atoms with Gasteiger partial charge in [0, 0.05) is 25.7 Å². The van der Waals surface area contributed by atoms with Crippen molar-refractivity contribution in [3.63, 3.8) is 0 Å². The number of rotatable bonds is 1. The molecule has 1 atom stereocenters. The Morgan fingerprint density at radius 1 is 1.50 bits per heavy atom. The number of anilines is 1. The van der Waals surface area contributed by atoms with Gasteiger partial charge in [0.05, 0.1) is 11.8 Å². The van der Waals surface area contributed by atoms with E-state index in [2.05, 4.69) is 0 Å². The number of amides is 2.